The van der Waals surface area contributed by atoms with Crippen molar-refractivity contribution in [3.8, 4) is 0 Å². The number of carbonyl (C=O) groups is 1. The highest BCUT2D eigenvalue weighted by molar-refractivity contribution is 5.96. The van der Waals surface area contributed by atoms with Gasteiger partial charge >= 0.3 is 0 Å². The Balaban J connectivity index is 1.98. The number of amidine groups is 1. The third-order valence-electron chi connectivity index (χ3n) is 4.96. The Morgan fingerprint density at radius 2 is 1.89 bits per heavy atom. The zero-order chi connectivity index (χ0) is 20.3. The fourth-order valence-electron chi connectivity index (χ4n) is 3.71. The molecule has 4 N–H and O–H groups in total. The molecule has 1 heterocycles. The van der Waals surface area contributed by atoms with Gasteiger partial charge < -0.3 is 16.0 Å². The number of nitrogens with one attached hydrogen (secondary N) is 4. The second-order valence-electron chi connectivity index (χ2n) is 7.96. The van der Waals surface area contributed by atoms with Gasteiger partial charge in [0.15, 0.2) is 0 Å². The molecule has 1 saturated carbocycles. The van der Waals surface area contributed by atoms with E-state index in [2.05, 4.69) is 32.0 Å². The molecule has 1 amide bonds. The number of rotatable bonds is 5. The molecule has 150 valence electrons. The number of nitrogens with zero attached hydrogens (tertiary/aromatic N) is 2. The van der Waals surface area contributed by atoms with Crippen LogP contribution in [0.25, 0.3) is 10.9 Å². The summed E-state index contributed by atoms with van der Waals surface area (Å²) >= 11 is 0. The minimum absolute atomic E-state index is 0.0173. The highest BCUT2D eigenvalue weighted by Gasteiger charge is 2.26. The summed E-state index contributed by atoms with van der Waals surface area (Å²) in [6.45, 7) is 7.63. The SMILES string of the molecule is CC(=N)N[C@@H]1CCCC[C@@H]1Nc1nc(C(=O)NC(C)C)nc2ccc(C)cc12. The molecular formula is C21H30N6O. The van der Waals surface area contributed by atoms with E-state index in [1.165, 1.54) is 0 Å². The number of anilines is 1. The predicted octanol–water partition coefficient (Wildman–Crippen LogP) is 3.39. The van der Waals surface area contributed by atoms with Gasteiger partial charge in [0.1, 0.15) is 5.82 Å². The zero-order valence-corrected chi connectivity index (χ0v) is 17.1. The number of fused-ring (bicyclic) bond motifs is 1. The predicted molar refractivity (Wildman–Crippen MR) is 113 cm³/mol. The van der Waals surface area contributed by atoms with Gasteiger partial charge in [-0.3, -0.25) is 10.2 Å². The summed E-state index contributed by atoms with van der Waals surface area (Å²) in [7, 11) is 0. The normalized spacial score (nSPS) is 19.5. The molecule has 7 nitrogen and oxygen atoms in total. The highest BCUT2D eigenvalue weighted by Crippen LogP contribution is 2.27. The maximum Gasteiger partial charge on any atom is 0.289 e. The molecule has 7 heteroatoms. The lowest BCUT2D eigenvalue weighted by Crippen LogP contribution is -2.48. The lowest BCUT2D eigenvalue weighted by molar-refractivity contribution is 0.0933. The van der Waals surface area contributed by atoms with E-state index in [1.807, 2.05) is 32.9 Å². The van der Waals surface area contributed by atoms with Crippen molar-refractivity contribution in [2.24, 2.45) is 0 Å². The third-order valence-corrected chi connectivity index (χ3v) is 4.96. The lowest BCUT2D eigenvalue weighted by Gasteiger charge is -2.33. The number of hydrogen-bond acceptors (Lipinski definition) is 5. The standard InChI is InChI=1S/C21H30N6O/c1-12(2)23-21(28)20-25-16-10-9-13(3)11-15(16)19(27-20)26-18-8-6-5-7-17(18)24-14(4)22/h9-12,17-18H,5-8H2,1-4H3,(H2,22,24)(H,23,28)(H,25,26,27)/t17-,18+/m1/s1. The molecule has 0 unspecified atom stereocenters. The van der Waals surface area contributed by atoms with E-state index in [4.69, 9.17) is 5.41 Å². The summed E-state index contributed by atoms with van der Waals surface area (Å²) in [5.41, 5.74) is 1.87. The second-order valence-corrected chi connectivity index (χ2v) is 7.96. The van der Waals surface area contributed by atoms with Gasteiger partial charge in [-0.15, -0.1) is 0 Å². The average Bonchev–Trinajstić information content (AvgIpc) is 2.62. The largest absolute Gasteiger partial charge is 0.369 e. The fourth-order valence-corrected chi connectivity index (χ4v) is 3.71. The van der Waals surface area contributed by atoms with Crippen LogP contribution >= 0.6 is 0 Å². The van der Waals surface area contributed by atoms with E-state index in [-0.39, 0.29) is 29.9 Å². The van der Waals surface area contributed by atoms with Gasteiger partial charge in [-0.2, -0.15) is 0 Å². The smallest absolute Gasteiger partial charge is 0.289 e. The second kappa shape index (κ2) is 8.54. The maximum absolute atomic E-state index is 12.5. The van der Waals surface area contributed by atoms with Crippen LogP contribution in [0.2, 0.25) is 0 Å². The number of benzene rings is 1. The average molecular weight is 383 g/mol. The van der Waals surface area contributed by atoms with Gasteiger partial charge in [0.25, 0.3) is 5.91 Å². The summed E-state index contributed by atoms with van der Waals surface area (Å²) in [6.07, 6.45) is 4.29. The minimum atomic E-state index is -0.269. The maximum atomic E-state index is 12.5. The molecule has 0 spiro atoms. The number of amides is 1. The summed E-state index contributed by atoms with van der Waals surface area (Å²) in [6, 6.07) is 6.32. The first-order valence-electron chi connectivity index (χ1n) is 10.0. The Morgan fingerprint density at radius 1 is 1.18 bits per heavy atom. The number of hydrogen-bond donors (Lipinski definition) is 4. The molecule has 1 aromatic heterocycles. The molecule has 0 aliphatic heterocycles. The first-order chi connectivity index (χ1) is 13.3. The molecule has 0 saturated heterocycles. The Hall–Kier alpha value is -2.70. The van der Waals surface area contributed by atoms with E-state index < -0.39 is 0 Å². The quantitative estimate of drug-likeness (QED) is 0.469. The molecule has 0 radical (unpaired) electrons. The van der Waals surface area contributed by atoms with Crippen LogP contribution < -0.4 is 16.0 Å². The van der Waals surface area contributed by atoms with Gasteiger partial charge in [0.2, 0.25) is 5.82 Å². The Bertz CT molecular complexity index is 879. The third kappa shape index (κ3) is 4.77. The van der Waals surface area contributed by atoms with E-state index in [0.717, 1.165) is 42.1 Å². The van der Waals surface area contributed by atoms with Gasteiger partial charge in [0.05, 0.1) is 11.4 Å². The van der Waals surface area contributed by atoms with Crippen LogP contribution in [0, 0.1) is 12.3 Å². The van der Waals surface area contributed by atoms with Gasteiger partial charge in [-0.1, -0.05) is 24.5 Å². The van der Waals surface area contributed by atoms with Crippen molar-refractivity contribution in [2.75, 3.05) is 5.32 Å². The fraction of sp³-hybridized carbons (Fsp3) is 0.524. The molecule has 2 atom stereocenters. The molecule has 2 aromatic rings. The van der Waals surface area contributed by atoms with Crippen LogP contribution in [-0.2, 0) is 0 Å². The molecule has 0 bridgehead atoms. The van der Waals surface area contributed by atoms with Crippen molar-refractivity contribution in [1.29, 1.82) is 5.41 Å². The van der Waals surface area contributed by atoms with Gasteiger partial charge in [-0.25, -0.2) is 9.97 Å². The Kier molecular flexibility index (Phi) is 6.11. The van der Waals surface area contributed by atoms with E-state index >= 15 is 0 Å². The van der Waals surface area contributed by atoms with Crippen LogP contribution in [0.3, 0.4) is 0 Å². The van der Waals surface area contributed by atoms with Crippen molar-refractivity contribution in [3.63, 3.8) is 0 Å². The first kappa shape index (κ1) is 20.0. The van der Waals surface area contributed by atoms with Crippen LogP contribution in [0.1, 0.15) is 62.6 Å². The van der Waals surface area contributed by atoms with Gasteiger partial charge in [0, 0.05) is 23.5 Å². The van der Waals surface area contributed by atoms with Crippen molar-refractivity contribution in [1.82, 2.24) is 20.6 Å². The van der Waals surface area contributed by atoms with E-state index in [0.29, 0.717) is 11.7 Å². The number of aryl methyl sites for hydroxylation is 1. The van der Waals surface area contributed by atoms with Crippen LogP contribution in [-0.4, -0.2) is 39.8 Å². The van der Waals surface area contributed by atoms with Crippen LogP contribution in [0.4, 0.5) is 5.82 Å². The Morgan fingerprint density at radius 3 is 2.57 bits per heavy atom. The van der Waals surface area contributed by atoms with Crippen LogP contribution in [0.5, 0.6) is 0 Å². The molecule has 1 fully saturated rings. The van der Waals surface area contributed by atoms with Crippen LogP contribution in [0.15, 0.2) is 18.2 Å². The first-order valence-corrected chi connectivity index (χ1v) is 10.0. The van der Waals surface area contributed by atoms with Gasteiger partial charge in [-0.05, 0) is 52.7 Å². The minimum Gasteiger partial charge on any atom is -0.369 e. The summed E-state index contributed by atoms with van der Waals surface area (Å²) in [4.78, 5) is 21.6. The van der Waals surface area contributed by atoms with Crippen molar-refractivity contribution >= 4 is 28.5 Å². The monoisotopic (exact) mass is 382 g/mol. The Labute approximate surface area is 166 Å². The zero-order valence-electron chi connectivity index (χ0n) is 17.1. The van der Waals surface area contributed by atoms with Crippen molar-refractivity contribution in [2.45, 2.75) is 71.5 Å². The molecule has 1 aliphatic carbocycles. The van der Waals surface area contributed by atoms with Crippen molar-refractivity contribution < 1.29 is 4.79 Å². The summed E-state index contributed by atoms with van der Waals surface area (Å²) in [5, 5.41) is 18.4. The molecule has 1 aromatic carbocycles. The summed E-state index contributed by atoms with van der Waals surface area (Å²) < 4.78 is 0. The van der Waals surface area contributed by atoms with Crippen molar-refractivity contribution in [3.05, 3.63) is 29.6 Å². The molecular weight excluding hydrogens is 352 g/mol. The number of aromatic nitrogens is 2. The highest BCUT2D eigenvalue weighted by atomic mass is 16.2. The van der Waals surface area contributed by atoms with E-state index in [1.54, 1.807) is 6.92 Å². The molecule has 1 aliphatic rings. The lowest BCUT2D eigenvalue weighted by atomic mass is 9.90. The molecule has 3 rings (SSSR count). The summed E-state index contributed by atoms with van der Waals surface area (Å²) in [5.74, 6) is 1.06. The molecule has 28 heavy (non-hydrogen) atoms. The number of carbonyl (C=O) groups excluding carboxylic acids is 1. The van der Waals surface area contributed by atoms with E-state index in [9.17, 15) is 4.79 Å². The topological polar surface area (TPSA) is 103 Å².